The molecule has 4 nitrogen and oxygen atoms in total. The Morgan fingerprint density at radius 1 is 1.04 bits per heavy atom. The minimum absolute atomic E-state index is 0.213. The number of ether oxygens (including phenoxy) is 1. The van der Waals surface area contributed by atoms with Gasteiger partial charge in [-0.05, 0) is 30.3 Å². The Morgan fingerprint density at radius 2 is 1.77 bits per heavy atom. The molecule has 3 rings (SSSR count). The van der Waals surface area contributed by atoms with Gasteiger partial charge in [0.1, 0.15) is 0 Å². The second-order valence-electron chi connectivity index (χ2n) is 6.88. The van der Waals surface area contributed by atoms with E-state index in [1.54, 1.807) is 47.1 Å². The summed E-state index contributed by atoms with van der Waals surface area (Å²) in [7, 11) is 0. The SMILES string of the molecule is CC(C)(C)c1cc(OC(=O)c2ccccc2Cl)n(-c2cccc(Cl)c2)n1. The average molecular weight is 389 g/mol. The third-order valence-corrected chi connectivity index (χ3v) is 4.35. The van der Waals surface area contributed by atoms with Crippen LogP contribution in [0.15, 0.2) is 54.6 Å². The number of hydrogen-bond donors (Lipinski definition) is 0. The molecule has 0 saturated carbocycles. The van der Waals surface area contributed by atoms with Crippen LogP contribution in [-0.4, -0.2) is 15.7 Å². The molecule has 1 heterocycles. The van der Waals surface area contributed by atoms with Crippen molar-refractivity contribution in [2.45, 2.75) is 26.2 Å². The lowest BCUT2D eigenvalue weighted by Crippen LogP contribution is -2.13. The zero-order valence-electron chi connectivity index (χ0n) is 14.7. The largest absolute Gasteiger partial charge is 0.404 e. The van der Waals surface area contributed by atoms with Crippen molar-refractivity contribution in [3.63, 3.8) is 0 Å². The molecule has 3 aromatic rings. The normalized spacial score (nSPS) is 11.4. The van der Waals surface area contributed by atoms with Crippen LogP contribution in [0.4, 0.5) is 0 Å². The Balaban J connectivity index is 2.04. The summed E-state index contributed by atoms with van der Waals surface area (Å²) in [4.78, 5) is 12.6. The van der Waals surface area contributed by atoms with Crippen molar-refractivity contribution in [2.75, 3.05) is 0 Å². The Kier molecular flexibility index (Phi) is 5.08. The molecular weight excluding hydrogens is 371 g/mol. The van der Waals surface area contributed by atoms with Crippen LogP contribution in [0.5, 0.6) is 5.88 Å². The molecule has 0 bridgehead atoms. The maximum atomic E-state index is 12.6. The van der Waals surface area contributed by atoms with Gasteiger partial charge in [0.15, 0.2) is 0 Å². The Hall–Kier alpha value is -2.30. The molecule has 0 amide bonds. The first-order valence-electron chi connectivity index (χ1n) is 8.09. The summed E-state index contributed by atoms with van der Waals surface area (Å²) in [5.41, 5.74) is 1.58. The van der Waals surface area contributed by atoms with E-state index in [2.05, 4.69) is 5.10 Å². The van der Waals surface area contributed by atoms with Gasteiger partial charge < -0.3 is 4.74 Å². The highest BCUT2D eigenvalue weighted by Gasteiger charge is 2.23. The summed E-state index contributed by atoms with van der Waals surface area (Å²) < 4.78 is 7.19. The fourth-order valence-corrected chi connectivity index (χ4v) is 2.77. The summed E-state index contributed by atoms with van der Waals surface area (Å²) in [5, 5.41) is 5.51. The van der Waals surface area contributed by atoms with E-state index in [1.807, 2.05) is 32.9 Å². The molecule has 26 heavy (non-hydrogen) atoms. The fraction of sp³-hybridized carbons (Fsp3) is 0.200. The summed E-state index contributed by atoms with van der Waals surface area (Å²) in [6.45, 7) is 6.12. The number of rotatable bonds is 3. The zero-order chi connectivity index (χ0) is 18.9. The second-order valence-corrected chi connectivity index (χ2v) is 7.72. The number of halogens is 2. The topological polar surface area (TPSA) is 44.1 Å². The molecule has 2 aromatic carbocycles. The molecule has 0 atom stereocenters. The van der Waals surface area contributed by atoms with Crippen molar-refractivity contribution < 1.29 is 9.53 Å². The fourth-order valence-electron chi connectivity index (χ4n) is 2.37. The molecule has 0 spiro atoms. The number of carbonyl (C=O) groups excluding carboxylic acids is 1. The smallest absolute Gasteiger partial charge is 0.346 e. The van der Waals surface area contributed by atoms with Crippen LogP contribution < -0.4 is 4.74 Å². The molecule has 0 aliphatic rings. The van der Waals surface area contributed by atoms with Gasteiger partial charge >= 0.3 is 5.97 Å². The van der Waals surface area contributed by atoms with Gasteiger partial charge in [0.25, 0.3) is 0 Å². The lowest BCUT2D eigenvalue weighted by atomic mass is 9.93. The number of carbonyl (C=O) groups is 1. The van der Waals surface area contributed by atoms with Gasteiger partial charge in [0.05, 0.1) is 22.0 Å². The number of esters is 1. The van der Waals surface area contributed by atoms with Crippen LogP contribution in [0.2, 0.25) is 10.0 Å². The molecule has 0 fully saturated rings. The standard InChI is InChI=1S/C20H18Cl2N2O2/c1-20(2,3)17-12-18(24(23-17)14-8-6-7-13(21)11-14)26-19(25)15-9-4-5-10-16(15)22/h4-12H,1-3H3. The molecular formula is C20H18Cl2N2O2. The quantitative estimate of drug-likeness (QED) is 0.540. The first-order valence-corrected chi connectivity index (χ1v) is 8.84. The van der Waals surface area contributed by atoms with E-state index in [0.29, 0.717) is 27.2 Å². The van der Waals surface area contributed by atoms with Crippen LogP contribution in [-0.2, 0) is 5.41 Å². The third kappa shape index (κ3) is 3.92. The van der Waals surface area contributed by atoms with Crippen LogP contribution in [0.1, 0.15) is 36.8 Å². The highest BCUT2D eigenvalue weighted by Crippen LogP contribution is 2.29. The van der Waals surface area contributed by atoms with Crippen LogP contribution >= 0.6 is 23.2 Å². The van der Waals surface area contributed by atoms with Gasteiger partial charge in [-0.1, -0.05) is 62.2 Å². The van der Waals surface area contributed by atoms with Gasteiger partial charge in [-0.3, -0.25) is 0 Å². The van der Waals surface area contributed by atoms with Crippen molar-refractivity contribution in [3.05, 3.63) is 75.9 Å². The van der Waals surface area contributed by atoms with Crippen molar-refractivity contribution in [2.24, 2.45) is 0 Å². The first kappa shape index (κ1) is 18.5. The molecule has 0 aliphatic heterocycles. The second kappa shape index (κ2) is 7.14. The Morgan fingerprint density at radius 3 is 2.42 bits per heavy atom. The molecule has 1 aromatic heterocycles. The highest BCUT2D eigenvalue weighted by atomic mass is 35.5. The van der Waals surface area contributed by atoms with Crippen LogP contribution in [0.25, 0.3) is 5.69 Å². The van der Waals surface area contributed by atoms with E-state index in [4.69, 9.17) is 27.9 Å². The molecule has 0 saturated heterocycles. The average Bonchev–Trinajstić information content (AvgIpc) is 2.99. The van der Waals surface area contributed by atoms with Crippen molar-refractivity contribution in [3.8, 4) is 11.6 Å². The molecule has 0 radical (unpaired) electrons. The maximum Gasteiger partial charge on any atom is 0.346 e. The van der Waals surface area contributed by atoms with Crippen molar-refractivity contribution in [1.82, 2.24) is 9.78 Å². The number of hydrogen-bond acceptors (Lipinski definition) is 3. The van der Waals surface area contributed by atoms with E-state index in [-0.39, 0.29) is 5.41 Å². The van der Waals surface area contributed by atoms with Crippen LogP contribution in [0.3, 0.4) is 0 Å². The van der Waals surface area contributed by atoms with E-state index < -0.39 is 5.97 Å². The molecule has 0 aliphatic carbocycles. The Labute approximate surface area is 162 Å². The zero-order valence-corrected chi connectivity index (χ0v) is 16.2. The van der Waals surface area contributed by atoms with Crippen molar-refractivity contribution >= 4 is 29.2 Å². The van der Waals surface area contributed by atoms with Gasteiger partial charge in [0.2, 0.25) is 5.88 Å². The molecule has 0 unspecified atom stereocenters. The predicted octanol–water partition coefficient (Wildman–Crippen LogP) is 5.70. The summed E-state index contributed by atoms with van der Waals surface area (Å²) in [5.74, 6) is -0.235. The number of aromatic nitrogens is 2. The summed E-state index contributed by atoms with van der Waals surface area (Å²) >= 11 is 12.2. The van der Waals surface area contributed by atoms with Crippen LogP contribution in [0, 0.1) is 0 Å². The van der Waals surface area contributed by atoms with Gasteiger partial charge in [-0.15, -0.1) is 0 Å². The number of nitrogens with zero attached hydrogens (tertiary/aromatic N) is 2. The van der Waals surface area contributed by atoms with Gasteiger partial charge in [0, 0.05) is 16.5 Å². The predicted molar refractivity (Wildman–Crippen MR) is 104 cm³/mol. The van der Waals surface area contributed by atoms with E-state index in [9.17, 15) is 4.79 Å². The van der Waals surface area contributed by atoms with E-state index in [1.165, 1.54) is 0 Å². The maximum absolute atomic E-state index is 12.6. The monoisotopic (exact) mass is 388 g/mol. The third-order valence-electron chi connectivity index (χ3n) is 3.79. The Bertz CT molecular complexity index is 958. The molecule has 0 N–H and O–H groups in total. The molecule has 134 valence electrons. The summed E-state index contributed by atoms with van der Waals surface area (Å²) in [6, 6.07) is 15.7. The van der Waals surface area contributed by atoms with E-state index in [0.717, 1.165) is 5.69 Å². The number of benzene rings is 2. The highest BCUT2D eigenvalue weighted by molar-refractivity contribution is 6.33. The van der Waals surface area contributed by atoms with Gasteiger partial charge in [-0.2, -0.15) is 5.10 Å². The minimum atomic E-state index is -0.542. The van der Waals surface area contributed by atoms with E-state index >= 15 is 0 Å². The molecule has 6 heteroatoms. The lowest BCUT2D eigenvalue weighted by molar-refractivity contribution is 0.0723. The lowest BCUT2D eigenvalue weighted by Gasteiger charge is -2.13. The first-order chi connectivity index (χ1) is 12.3. The minimum Gasteiger partial charge on any atom is -0.404 e. The summed E-state index contributed by atoms with van der Waals surface area (Å²) in [6.07, 6.45) is 0. The van der Waals surface area contributed by atoms with Crippen molar-refractivity contribution in [1.29, 1.82) is 0 Å². The van der Waals surface area contributed by atoms with Gasteiger partial charge in [-0.25, -0.2) is 9.48 Å².